The van der Waals surface area contributed by atoms with Crippen LogP contribution in [-0.4, -0.2) is 5.97 Å². The molecule has 0 fully saturated rings. The molecule has 0 saturated heterocycles. The van der Waals surface area contributed by atoms with Gasteiger partial charge in [0.15, 0.2) is 0 Å². The smallest absolute Gasteiger partial charge is 0.315 e. The van der Waals surface area contributed by atoms with Gasteiger partial charge in [-0.1, -0.05) is 42.5 Å². The third kappa shape index (κ3) is 3.18. The van der Waals surface area contributed by atoms with Gasteiger partial charge >= 0.3 is 5.97 Å². The van der Waals surface area contributed by atoms with E-state index in [2.05, 4.69) is 0 Å². The van der Waals surface area contributed by atoms with Crippen LogP contribution in [0, 0.1) is 6.92 Å². The van der Waals surface area contributed by atoms with E-state index in [-0.39, 0.29) is 5.97 Å². The predicted octanol–water partition coefficient (Wildman–Crippen LogP) is 3.14. The Morgan fingerprint density at radius 2 is 1.65 bits per heavy atom. The molecule has 2 nitrogen and oxygen atoms in total. The predicted molar refractivity (Wildman–Crippen MR) is 67.0 cm³/mol. The Morgan fingerprint density at radius 3 is 2.35 bits per heavy atom. The summed E-state index contributed by atoms with van der Waals surface area (Å²) >= 11 is 0. The van der Waals surface area contributed by atoms with Gasteiger partial charge in [0.1, 0.15) is 5.75 Å². The molecular formula is C15H14O2. The highest BCUT2D eigenvalue weighted by molar-refractivity contribution is 5.75. The molecule has 0 saturated carbocycles. The van der Waals surface area contributed by atoms with E-state index in [0.717, 1.165) is 11.1 Å². The molecule has 0 aliphatic heterocycles. The maximum Gasteiger partial charge on any atom is 0.315 e. The van der Waals surface area contributed by atoms with Gasteiger partial charge in [-0.25, -0.2) is 0 Å². The summed E-state index contributed by atoms with van der Waals surface area (Å²) in [5, 5.41) is 0. The van der Waals surface area contributed by atoms with Crippen LogP contribution in [0.1, 0.15) is 11.1 Å². The molecule has 0 atom stereocenters. The molecule has 0 aliphatic rings. The normalized spacial score (nSPS) is 9.94. The van der Waals surface area contributed by atoms with E-state index >= 15 is 0 Å². The lowest BCUT2D eigenvalue weighted by atomic mass is 10.1. The fraction of sp³-hybridized carbons (Fsp3) is 0.133. The molecule has 2 aromatic rings. The van der Waals surface area contributed by atoms with E-state index in [4.69, 9.17) is 4.74 Å². The molecule has 0 spiro atoms. The molecule has 2 rings (SSSR count). The van der Waals surface area contributed by atoms with Crippen LogP contribution in [0.3, 0.4) is 0 Å². The van der Waals surface area contributed by atoms with Crippen LogP contribution in [0.5, 0.6) is 5.75 Å². The first-order chi connectivity index (χ1) is 8.25. The maximum atomic E-state index is 11.7. The lowest BCUT2D eigenvalue weighted by Gasteiger charge is -2.06. The minimum absolute atomic E-state index is 0.231. The Labute approximate surface area is 101 Å². The van der Waals surface area contributed by atoms with Crippen molar-refractivity contribution >= 4 is 5.97 Å². The van der Waals surface area contributed by atoms with Gasteiger partial charge in [-0.05, 0) is 30.2 Å². The number of carbonyl (C=O) groups is 1. The molecular weight excluding hydrogens is 212 g/mol. The maximum absolute atomic E-state index is 11.7. The van der Waals surface area contributed by atoms with Crippen molar-refractivity contribution in [3.63, 3.8) is 0 Å². The van der Waals surface area contributed by atoms with Crippen molar-refractivity contribution in [3.05, 3.63) is 65.7 Å². The van der Waals surface area contributed by atoms with Gasteiger partial charge in [-0.15, -0.1) is 0 Å². The van der Waals surface area contributed by atoms with Crippen LogP contribution in [0.25, 0.3) is 0 Å². The first-order valence-corrected chi connectivity index (χ1v) is 5.56. The zero-order valence-electron chi connectivity index (χ0n) is 9.72. The van der Waals surface area contributed by atoms with Crippen LogP contribution in [0.15, 0.2) is 54.6 Å². The summed E-state index contributed by atoms with van der Waals surface area (Å²) < 4.78 is 5.23. The molecule has 2 heteroatoms. The van der Waals surface area contributed by atoms with Crippen molar-refractivity contribution in [2.24, 2.45) is 0 Å². The van der Waals surface area contributed by atoms with Crippen LogP contribution >= 0.6 is 0 Å². The first kappa shape index (κ1) is 11.4. The average molecular weight is 226 g/mol. The van der Waals surface area contributed by atoms with Crippen LogP contribution < -0.4 is 4.74 Å². The van der Waals surface area contributed by atoms with E-state index in [9.17, 15) is 4.79 Å². The number of aryl methyl sites for hydroxylation is 1. The fourth-order valence-corrected chi connectivity index (χ4v) is 1.62. The second-order valence-corrected chi connectivity index (χ2v) is 3.89. The van der Waals surface area contributed by atoms with E-state index in [0.29, 0.717) is 12.2 Å². The second-order valence-electron chi connectivity index (χ2n) is 3.89. The standard InChI is InChI=1S/C15H14O2/c1-12-7-5-6-8-13(12)11-15(16)17-14-9-3-2-4-10-14/h2-10H,11H2,1H3. The molecule has 0 heterocycles. The monoisotopic (exact) mass is 226 g/mol. The highest BCUT2D eigenvalue weighted by atomic mass is 16.5. The van der Waals surface area contributed by atoms with Gasteiger partial charge in [0.25, 0.3) is 0 Å². The summed E-state index contributed by atoms with van der Waals surface area (Å²) in [6.07, 6.45) is 0.307. The van der Waals surface area contributed by atoms with Gasteiger partial charge in [-0.2, -0.15) is 0 Å². The van der Waals surface area contributed by atoms with Crippen LogP contribution in [-0.2, 0) is 11.2 Å². The number of hydrogen-bond acceptors (Lipinski definition) is 2. The highest BCUT2D eigenvalue weighted by Crippen LogP contribution is 2.12. The molecule has 86 valence electrons. The molecule has 0 aliphatic carbocycles. The third-order valence-corrected chi connectivity index (χ3v) is 2.57. The number of carbonyl (C=O) groups excluding carboxylic acids is 1. The second kappa shape index (κ2) is 5.30. The molecule has 0 unspecified atom stereocenters. The zero-order chi connectivity index (χ0) is 12.1. The number of rotatable bonds is 3. The van der Waals surface area contributed by atoms with Gasteiger partial charge in [0.05, 0.1) is 6.42 Å². The van der Waals surface area contributed by atoms with Gasteiger partial charge in [0.2, 0.25) is 0 Å². The van der Waals surface area contributed by atoms with E-state index in [1.807, 2.05) is 49.4 Å². The lowest BCUT2D eigenvalue weighted by molar-refractivity contribution is -0.133. The van der Waals surface area contributed by atoms with Crippen molar-refractivity contribution in [3.8, 4) is 5.75 Å². The summed E-state index contributed by atoms with van der Waals surface area (Å²) in [5.41, 5.74) is 2.12. The van der Waals surface area contributed by atoms with Gasteiger partial charge in [0, 0.05) is 0 Å². The summed E-state index contributed by atoms with van der Waals surface area (Å²) in [5.74, 6) is 0.358. The Kier molecular flexibility index (Phi) is 3.55. The van der Waals surface area contributed by atoms with Crippen LogP contribution in [0.4, 0.5) is 0 Å². The number of benzene rings is 2. The molecule has 0 aromatic heterocycles. The van der Waals surface area contributed by atoms with Crippen molar-refractivity contribution in [1.82, 2.24) is 0 Å². The Bertz CT molecular complexity index is 503. The molecule has 0 bridgehead atoms. The summed E-state index contributed by atoms with van der Waals surface area (Å²) in [7, 11) is 0. The van der Waals surface area contributed by atoms with Gasteiger partial charge in [-0.3, -0.25) is 4.79 Å². The van der Waals surface area contributed by atoms with E-state index in [1.54, 1.807) is 12.1 Å². The molecule has 0 radical (unpaired) electrons. The Morgan fingerprint density at radius 1 is 1.00 bits per heavy atom. The average Bonchev–Trinajstić information content (AvgIpc) is 2.33. The topological polar surface area (TPSA) is 26.3 Å². The van der Waals surface area contributed by atoms with Crippen molar-refractivity contribution in [2.75, 3.05) is 0 Å². The minimum atomic E-state index is -0.231. The number of ether oxygens (including phenoxy) is 1. The van der Waals surface area contributed by atoms with Gasteiger partial charge < -0.3 is 4.74 Å². The van der Waals surface area contributed by atoms with Crippen LogP contribution in [0.2, 0.25) is 0 Å². The lowest BCUT2D eigenvalue weighted by Crippen LogP contribution is -2.11. The number of hydrogen-bond donors (Lipinski definition) is 0. The fourth-order valence-electron chi connectivity index (χ4n) is 1.62. The van der Waals surface area contributed by atoms with E-state index < -0.39 is 0 Å². The quantitative estimate of drug-likeness (QED) is 0.593. The van der Waals surface area contributed by atoms with E-state index in [1.165, 1.54) is 0 Å². The summed E-state index contributed by atoms with van der Waals surface area (Å²) in [4.78, 5) is 11.7. The third-order valence-electron chi connectivity index (χ3n) is 2.57. The Balaban J connectivity index is 2.01. The van der Waals surface area contributed by atoms with Crippen molar-refractivity contribution in [2.45, 2.75) is 13.3 Å². The summed E-state index contributed by atoms with van der Waals surface area (Å²) in [6, 6.07) is 16.9. The zero-order valence-corrected chi connectivity index (χ0v) is 9.72. The molecule has 2 aromatic carbocycles. The number of para-hydroxylation sites is 1. The molecule has 0 amide bonds. The Hall–Kier alpha value is -2.09. The highest BCUT2D eigenvalue weighted by Gasteiger charge is 2.07. The SMILES string of the molecule is Cc1ccccc1CC(=O)Oc1ccccc1. The van der Waals surface area contributed by atoms with Crippen molar-refractivity contribution in [1.29, 1.82) is 0 Å². The summed E-state index contributed by atoms with van der Waals surface area (Å²) in [6.45, 7) is 1.99. The molecule has 0 N–H and O–H groups in total. The minimum Gasteiger partial charge on any atom is -0.426 e. The number of esters is 1. The van der Waals surface area contributed by atoms with Crippen molar-refractivity contribution < 1.29 is 9.53 Å². The molecule has 17 heavy (non-hydrogen) atoms. The first-order valence-electron chi connectivity index (χ1n) is 5.56. The largest absolute Gasteiger partial charge is 0.426 e.